The van der Waals surface area contributed by atoms with Crippen LogP contribution in [0.1, 0.15) is 0 Å². The molecular formula is C20H27N7O2. The van der Waals surface area contributed by atoms with E-state index in [4.69, 9.17) is 4.74 Å². The van der Waals surface area contributed by atoms with Gasteiger partial charge >= 0.3 is 0 Å². The van der Waals surface area contributed by atoms with Crippen molar-refractivity contribution in [3.8, 4) is 11.1 Å². The summed E-state index contributed by atoms with van der Waals surface area (Å²) in [6.45, 7) is 5.70. The van der Waals surface area contributed by atoms with E-state index in [1.54, 1.807) is 0 Å². The summed E-state index contributed by atoms with van der Waals surface area (Å²) in [5.74, 6) is 0.457. The van der Waals surface area contributed by atoms with Gasteiger partial charge in [0.2, 0.25) is 5.91 Å². The van der Waals surface area contributed by atoms with Crippen LogP contribution >= 0.6 is 0 Å². The first kappa shape index (κ1) is 19.6. The number of amides is 1. The molecule has 29 heavy (non-hydrogen) atoms. The zero-order valence-electron chi connectivity index (χ0n) is 16.9. The van der Waals surface area contributed by atoms with E-state index in [1.807, 2.05) is 48.1 Å². The van der Waals surface area contributed by atoms with Crippen molar-refractivity contribution in [2.24, 2.45) is 0 Å². The van der Waals surface area contributed by atoms with Gasteiger partial charge in [0.15, 0.2) is 5.82 Å². The Hall–Kier alpha value is -2.75. The molecule has 1 fully saturated rings. The van der Waals surface area contributed by atoms with E-state index >= 15 is 0 Å². The molecule has 3 aromatic rings. The Balaban J connectivity index is 1.47. The lowest BCUT2D eigenvalue weighted by molar-refractivity contribution is -0.116. The molecule has 2 N–H and O–H groups in total. The van der Waals surface area contributed by atoms with E-state index in [9.17, 15) is 4.79 Å². The number of nitrogens with zero attached hydrogens (tertiary/aromatic N) is 5. The van der Waals surface area contributed by atoms with Gasteiger partial charge in [-0.25, -0.2) is 0 Å². The highest BCUT2D eigenvalue weighted by molar-refractivity contribution is 6.01. The zero-order chi connectivity index (χ0) is 20.2. The third kappa shape index (κ3) is 4.81. The van der Waals surface area contributed by atoms with Crippen LogP contribution < -0.4 is 5.32 Å². The number of benzene rings is 1. The molecule has 0 radical (unpaired) electrons. The van der Waals surface area contributed by atoms with Crippen LogP contribution in [0.5, 0.6) is 0 Å². The van der Waals surface area contributed by atoms with Crippen LogP contribution in [0.2, 0.25) is 0 Å². The highest BCUT2D eigenvalue weighted by Gasteiger charge is 2.13. The predicted octanol–water partition coefficient (Wildman–Crippen LogP) is 1.26. The van der Waals surface area contributed by atoms with E-state index in [0.29, 0.717) is 12.4 Å². The van der Waals surface area contributed by atoms with Gasteiger partial charge in [0.1, 0.15) is 0 Å². The molecule has 0 spiro atoms. The van der Waals surface area contributed by atoms with Crippen LogP contribution in [-0.4, -0.2) is 89.2 Å². The maximum atomic E-state index is 12.1. The Kier molecular flexibility index (Phi) is 5.89. The Morgan fingerprint density at radius 2 is 2.07 bits per heavy atom. The van der Waals surface area contributed by atoms with Gasteiger partial charge < -0.3 is 15.0 Å². The summed E-state index contributed by atoms with van der Waals surface area (Å²) in [6, 6.07) is 6.05. The maximum Gasteiger partial charge on any atom is 0.239 e. The van der Waals surface area contributed by atoms with Crippen molar-refractivity contribution in [1.82, 2.24) is 29.8 Å². The maximum absolute atomic E-state index is 12.1. The summed E-state index contributed by atoms with van der Waals surface area (Å²) in [5, 5.41) is 15.5. The van der Waals surface area contributed by atoms with Gasteiger partial charge in [-0.15, -0.1) is 0 Å². The average Bonchev–Trinajstić information content (AvgIpc) is 3.34. The van der Waals surface area contributed by atoms with Crippen LogP contribution in [-0.2, 0) is 16.1 Å². The Morgan fingerprint density at radius 1 is 1.24 bits per heavy atom. The molecule has 1 aromatic carbocycles. The molecule has 4 rings (SSSR count). The van der Waals surface area contributed by atoms with Crippen molar-refractivity contribution in [2.75, 3.05) is 58.8 Å². The largest absolute Gasteiger partial charge is 0.379 e. The van der Waals surface area contributed by atoms with Gasteiger partial charge in [0.05, 0.1) is 38.0 Å². The zero-order valence-corrected chi connectivity index (χ0v) is 16.9. The number of carbonyl (C=O) groups excluding carboxylic acids is 1. The molecule has 3 heterocycles. The number of hydrogen-bond donors (Lipinski definition) is 2. The van der Waals surface area contributed by atoms with Crippen molar-refractivity contribution in [1.29, 1.82) is 0 Å². The number of aromatic amines is 1. The molecule has 0 bridgehead atoms. The molecule has 1 aliphatic rings. The summed E-state index contributed by atoms with van der Waals surface area (Å²) >= 11 is 0. The second-order valence-electron chi connectivity index (χ2n) is 7.56. The summed E-state index contributed by atoms with van der Waals surface area (Å²) in [6.07, 6.45) is 3.94. The molecule has 0 aliphatic carbocycles. The van der Waals surface area contributed by atoms with Crippen molar-refractivity contribution in [2.45, 2.75) is 6.54 Å². The molecular weight excluding hydrogens is 370 g/mol. The highest BCUT2D eigenvalue weighted by Crippen LogP contribution is 2.27. The van der Waals surface area contributed by atoms with E-state index in [2.05, 4.69) is 31.7 Å². The van der Waals surface area contributed by atoms with Gasteiger partial charge in [0, 0.05) is 36.8 Å². The fourth-order valence-electron chi connectivity index (χ4n) is 3.45. The Bertz CT molecular complexity index is 972. The lowest BCUT2D eigenvalue weighted by Crippen LogP contribution is -2.38. The standard InChI is InChI=1S/C20H27N7O2/c1-25(2)14-19(28)22-20-17-11-15(3-4-18(17)23-24-20)16-12-21-27(13-16)6-5-26-7-9-29-10-8-26/h3-4,11-13H,5-10,14H2,1-2H3,(H2,22,23,24,28). The number of carbonyl (C=O) groups is 1. The minimum absolute atomic E-state index is 0.0928. The molecule has 0 unspecified atom stereocenters. The number of morpholine rings is 1. The minimum atomic E-state index is -0.0928. The highest BCUT2D eigenvalue weighted by atomic mass is 16.5. The molecule has 0 saturated carbocycles. The number of likely N-dealkylation sites (N-methyl/N-ethyl adjacent to an activating group) is 1. The number of hydrogen-bond acceptors (Lipinski definition) is 6. The normalized spacial score (nSPS) is 15.3. The smallest absolute Gasteiger partial charge is 0.239 e. The second-order valence-corrected chi connectivity index (χ2v) is 7.56. The van der Waals surface area contributed by atoms with Crippen LogP contribution in [0.4, 0.5) is 5.82 Å². The van der Waals surface area contributed by atoms with Crippen molar-refractivity contribution in [3.63, 3.8) is 0 Å². The summed E-state index contributed by atoms with van der Waals surface area (Å²) in [7, 11) is 3.72. The summed E-state index contributed by atoms with van der Waals surface area (Å²) < 4.78 is 7.37. The predicted molar refractivity (Wildman–Crippen MR) is 112 cm³/mol. The number of ether oxygens (including phenoxy) is 1. The van der Waals surface area contributed by atoms with Crippen LogP contribution in [0.15, 0.2) is 30.6 Å². The molecule has 9 heteroatoms. The van der Waals surface area contributed by atoms with Crippen LogP contribution in [0, 0.1) is 0 Å². The number of rotatable bonds is 7. The lowest BCUT2D eigenvalue weighted by Gasteiger charge is -2.26. The average molecular weight is 397 g/mol. The van der Waals surface area contributed by atoms with E-state index < -0.39 is 0 Å². The van der Waals surface area contributed by atoms with Gasteiger partial charge in [-0.1, -0.05) is 6.07 Å². The van der Waals surface area contributed by atoms with Crippen molar-refractivity contribution < 1.29 is 9.53 Å². The fraction of sp³-hybridized carbons (Fsp3) is 0.450. The molecule has 1 saturated heterocycles. The van der Waals surface area contributed by atoms with Gasteiger partial charge in [-0.05, 0) is 31.8 Å². The van der Waals surface area contributed by atoms with Gasteiger partial charge in [-0.2, -0.15) is 10.2 Å². The van der Waals surface area contributed by atoms with Crippen molar-refractivity contribution in [3.05, 3.63) is 30.6 Å². The Morgan fingerprint density at radius 3 is 2.86 bits per heavy atom. The summed E-state index contributed by atoms with van der Waals surface area (Å²) in [4.78, 5) is 16.3. The molecule has 154 valence electrons. The molecule has 2 aromatic heterocycles. The van der Waals surface area contributed by atoms with Crippen LogP contribution in [0.3, 0.4) is 0 Å². The second kappa shape index (κ2) is 8.73. The van der Waals surface area contributed by atoms with Crippen molar-refractivity contribution >= 4 is 22.6 Å². The molecule has 9 nitrogen and oxygen atoms in total. The quantitative estimate of drug-likeness (QED) is 0.624. The molecule has 1 aliphatic heterocycles. The third-order valence-corrected chi connectivity index (χ3v) is 5.00. The number of nitrogens with one attached hydrogen (secondary N) is 2. The topological polar surface area (TPSA) is 91.3 Å². The first-order chi connectivity index (χ1) is 14.1. The number of H-pyrrole nitrogens is 1. The van der Waals surface area contributed by atoms with Gasteiger partial charge in [-0.3, -0.25) is 19.5 Å². The minimum Gasteiger partial charge on any atom is -0.379 e. The first-order valence-corrected chi connectivity index (χ1v) is 9.84. The number of fused-ring (bicyclic) bond motifs is 1. The van der Waals surface area contributed by atoms with E-state index in [0.717, 1.165) is 61.4 Å². The summed E-state index contributed by atoms with van der Waals surface area (Å²) in [5.41, 5.74) is 2.97. The van der Waals surface area contributed by atoms with Crippen LogP contribution in [0.25, 0.3) is 22.0 Å². The third-order valence-electron chi connectivity index (χ3n) is 5.00. The van der Waals surface area contributed by atoms with E-state index in [1.165, 1.54) is 0 Å². The monoisotopic (exact) mass is 397 g/mol. The molecule has 1 amide bonds. The Labute approximate surface area is 169 Å². The lowest BCUT2D eigenvalue weighted by atomic mass is 10.1. The van der Waals surface area contributed by atoms with E-state index in [-0.39, 0.29) is 5.91 Å². The fourth-order valence-corrected chi connectivity index (χ4v) is 3.45. The first-order valence-electron chi connectivity index (χ1n) is 9.84. The SMILES string of the molecule is CN(C)CC(=O)Nc1n[nH]c2ccc(-c3cnn(CCN4CCOCC4)c3)cc12. The molecule has 0 atom stereocenters. The van der Waals surface area contributed by atoms with Gasteiger partial charge in [0.25, 0.3) is 0 Å². The number of anilines is 1. The number of aromatic nitrogens is 4.